The van der Waals surface area contributed by atoms with Crippen LogP contribution in [0.3, 0.4) is 0 Å². The largest absolute Gasteiger partial charge is 0.459 e. The van der Waals surface area contributed by atoms with Crippen molar-refractivity contribution in [3.63, 3.8) is 0 Å². The van der Waals surface area contributed by atoms with Gasteiger partial charge in [-0.3, -0.25) is 4.79 Å². The van der Waals surface area contributed by atoms with E-state index in [2.05, 4.69) is 20.4 Å². The van der Waals surface area contributed by atoms with Gasteiger partial charge in [0.15, 0.2) is 0 Å². The minimum atomic E-state index is -0.804. The van der Waals surface area contributed by atoms with Gasteiger partial charge in [0.1, 0.15) is 12.2 Å². The van der Waals surface area contributed by atoms with Crippen LogP contribution < -0.4 is 0 Å². The van der Waals surface area contributed by atoms with Crippen LogP contribution in [0.5, 0.6) is 0 Å². The van der Waals surface area contributed by atoms with Gasteiger partial charge in [-0.25, -0.2) is 4.79 Å². The number of carbonyl (C=O) groups excluding carboxylic acids is 2. The van der Waals surface area contributed by atoms with Crippen molar-refractivity contribution in [3.8, 4) is 0 Å². The number of aliphatic hydroxyl groups is 1. The van der Waals surface area contributed by atoms with Gasteiger partial charge in [0.05, 0.1) is 12.0 Å². The van der Waals surface area contributed by atoms with Crippen molar-refractivity contribution in [2.45, 2.75) is 78.1 Å². The summed E-state index contributed by atoms with van der Waals surface area (Å²) < 4.78 is 10.8. The molecule has 0 amide bonds. The van der Waals surface area contributed by atoms with Crippen LogP contribution in [-0.4, -0.2) is 35.4 Å². The van der Waals surface area contributed by atoms with E-state index >= 15 is 0 Å². The van der Waals surface area contributed by atoms with Crippen LogP contribution in [0.15, 0.2) is 12.7 Å². The van der Waals surface area contributed by atoms with Crippen LogP contribution in [0.25, 0.3) is 0 Å². The maximum atomic E-state index is 12.5. The molecule has 1 rings (SSSR count). The molecule has 5 atom stereocenters. The van der Waals surface area contributed by atoms with Crippen molar-refractivity contribution in [2.75, 3.05) is 0 Å². The smallest absolute Gasteiger partial charge is 0.330 e. The number of hydrogen-bond acceptors (Lipinski definition) is 5. The minimum absolute atomic E-state index is 0.150. The monoisotopic (exact) mass is 340 g/mol. The molecule has 24 heavy (non-hydrogen) atoms. The maximum absolute atomic E-state index is 12.5. The lowest BCUT2D eigenvalue weighted by molar-refractivity contribution is -0.171. The van der Waals surface area contributed by atoms with Gasteiger partial charge in [-0.2, -0.15) is 0 Å². The molecule has 1 N–H and O–H groups in total. The van der Waals surface area contributed by atoms with Crippen molar-refractivity contribution in [1.29, 1.82) is 0 Å². The van der Waals surface area contributed by atoms with E-state index in [1.54, 1.807) is 0 Å². The molecule has 0 saturated heterocycles. The van der Waals surface area contributed by atoms with Crippen molar-refractivity contribution < 1.29 is 24.2 Å². The topological polar surface area (TPSA) is 72.8 Å². The predicted octanol–water partition coefficient (Wildman–Crippen LogP) is 3.25. The van der Waals surface area contributed by atoms with Gasteiger partial charge < -0.3 is 14.6 Å². The summed E-state index contributed by atoms with van der Waals surface area (Å²) in [5.41, 5.74) is 0. The first-order valence-electron chi connectivity index (χ1n) is 9.00. The maximum Gasteiger partial charge on any atom is 0.330 e. The van der Waals surface area contributed by atoms with Gasteiger partial charge in [-0.1, -0.05) is 40.7 Å². The fourth-order valence-electron chi connectivity index (χ4n) is 3.02. The highest BCUT2D eigenvalue weighted by molar-refractivity contribution is 5.81. The second kappa shape index (κ2) is 9.82. The molecule has 1 aliphatic rings. The van der Waals surface area contributed by atoms with E-state index in [9.17, 15) is 14.7 Å². The van der Waals surface area contributed by atoms with Gasteiger partial charge in [0, 0.05) is 12.5 Å². The number of esters is 2. The zero-order chi connectivity index (χ0) is 18.3. The molecule has 138 valence electrons. The summed E-state index contributed by atoms with van der Waals surface area (Å²) in [5, 5.41) is 10.2. The Kier molecular flexibility index (Phi) is 8.46. The highest BCUT2D eigenvalue weighted by Gasteiger charge is 2.35. The molecule has 0 spiro atoms. The first-order chi connectivity index (χ1) is 11.3. The lowest BCUT2D eigenvalue weighted by atomic mass is 9.85. The van der Waals surface area contributed by atoms with Crippen LogP contribution in [0.1, 0.15) is 59.8 Å². The number of hydrogen-bond donors (Lipinski definition) is 1. The average molecular weight is 340 g/mol. The molecule has 0 aliphatic heterocycles. The van der Waals surface area contributed by atoms with Crippen molar-refractivity contribution >= 4 is 11.9 Å². The Bertz CT molecular complexity index is 431. The lowest BCUT2D eigenvalue weighted by Gasteiger charge is -2.33. The molecule has 0 aromatic rings. The number of ether oxygens (including phenoxy) is 2. The third-order valence-electron chi connectivity index (χ3n) is 4.88. The Morgan fingerprint density at radius 1 is 1.25 bits per heavy atom. The zero-order valence-corrected chi connectivity index (χ0v) is 15.4. The molecule has 0 heterocycles. The first kappa shape index (κ1) is 20.7. The SMILES string of the molecule is C=CC(=O)OC1CCC(OC(=O)C(CC(C)CC)C(C)C)C(O)C1. The molecule has 1 fully saturated rings. The van der Waals surface area contributed by atoms with E-state index in [-0.39, 0.29) is 30.3 Å². The van der Waals surface area contributed by atoms with Gasteiger partial charge in [0.2, 0.25) is 0 Å². The summed E-state index contributed by atoms with van der Waals surface area (Å²) in [6.07, 6.45) is 2.63. The van der Waals surface area contributed by atoms with Gasteiger partial charge in [0.25, 0.3) is 0 Å². The highest BCUT2D eigenvalue weighted by atomic mass is 16.6. The van der Waals surface area contributed by atoms with Crippen molar-refractivity contribution in [2.24, 2.45) is 17.8 Å². The van der Waals surface area contributed by atoms with Crippen molar-refractivity contribution in [3.05, 3.63) is 12.7 Å². The summed E-state index contributed by atoms with van der Waals surface area (Å²) in [6, 6.07) is 0. The highest BCUT2D eigenvalue weighted by Crippen LogP contribution is 2.28. The van der Waals surface area contributed by atoms with E-state index < -0.39 is 18.2 Å². The predicted molar refractivity (Wildman–Crippen MR) is 92.2 cm³/mol. The standard InChI is InChI=1S/C19H32O5/c1-6-13(5)10-15(12(3)4)19(22)24-17-9-8-14(11-16(17)20)23-18(21)7-2/h7,12-17,20H,2,6,8-11H2,1,3-5H3. The Labute approximate surface area is 145 Å². The quantitative estimate of drug-likeness (QED) is 0.542. The normalized spacial score (nSPS) is 26.5. The zero-order valence-electron chi connectivity index (χ0n) is 15.4. The molecule has 5 heteroatoms. The van der Waals surface area contributed by atoms with E-state index in [4.69, 9.17) is 9.47 Å². The fourth-order valence-corrected chi connectivity index (χ4v) is 3.02. The Morgan fingerprint density at radius 2 is 1.92 bits per heavy atom. The fraction of sp³-hybridized carbons (Fsp3) is 0.789. The van der Waals surface area contributed by atoms with E-state index in [0.717, 1.165) is 18.9 Å². The van der Waals surface area contributed by atoms with Crippen molar-refractivity contribution in [1.82, 2.24) is 0 Å². The molecular weight excluding hydrogens is 308 g/mol. The molecular formula is C19H32O5. The van der Waals surface area contributed by atoms with Gasteiger partial charge in [-0.05, 0) is 31.1 Å². The number of carbonyl (C=O) groups is 2. The molecule has 0 aromatic heterocycles. The third-order valence-corrected chi connectivity index (χ3v) is 4.88. The van der Waals surface area contributed by atoms with Crippen LogP contribution in [-0.2, 0) is 19.1 Å². The minimum Gasteiger partial charge on any atom is -0.459 e. The Balaban J connectivity index is 2.57. The molecule has 5 unspecified atom stereocenters. The van der Waals surface area contributed by atoms with E-state index in [1.165, 1.54) is 0 Å². The summed E-state index contributed by atoms with van der Waals surface area (Å²) >= 11 is 0. The average Bonchev–Trinajstić information content (AvgIpc) is 2.54. The molecule has 1 saturated carbocycles. The summed E-state index contributed by atoms with van der Waals surface area (Å²) in [7, 11) is 0. The number of rotatable bonds is 8. The third kappa shape index (κ3) is 6.27. The molecule has 5 nitrogen and oxygen atoms in total. The van der Waals surface area contributed by atoms with E-state index in [0.29, 0.717) is 18.8 Å². The second-order valence-corrected chi connectivity index (χ2v) is 7.22. The molecule has 0 aromatic carbocycles. The number of aliphatic hydroxyl groups excluding tert-OH is 1. The Hall–Kier alpha value is -1.36. The first-order valence-corrected chi connectivity index (χ1v) is 9.00. The lowest BCUT2D eigenvalue weighted by Crippen LogP contribution is -2.42. The molecule has 1 aliphatic carbocycles. The summed E-state index contributed by atoms with van der Waals surface area (Å²) in [4.78, 5) is 23.8. The van der Waals surface area contributed by atoms with E-state index in [1.807, 2.05) is 13.8 Å². The van der Waals surface area contributed by atoms with Crippen LogP contribution >= 0.6 is 0 Å². The van der Waals surface area contributed by atoms with Crippen LogP contribution in [0.2, 0.25) is 0 Å². The van der Waals surface area contributed by atoms with Gasteiger partial charge >= 0.3 is 11.9 Å². The molecule has 0 radical (unpaired) electrons. The summed E-state index contributed by atoms with van der Waals surface area (Å²) in [5.74, 6) is -0.201. The summed E-state index contributed by atoms with van der Waals surface area (Å²) in [6.45, 7) is 11.7. The van der Waals surface area contributed by atoms with Crippen LogP contribution in [0, 0.1) is 17.8 Å². The molecule has 0 bridgehead atoms. The van der Waals surface area contributed by atoms with Gasteiger partial charge in [-0.15, -0.1) is 0 Å². The Morgan fingerprint density at radius 3 is 2.42 bits per heavy atom. The second-order valence-electron chi connectivity index (χ2n) is 7.22. The van der Waals surface area contributed by atoms with Crippen LogP contribution in [0.4, 0.5) is 0 Å².